The predicted octanol–water partition coefficient (Wildman–Crippen LogP) is 3.00. The number of rotatable bonds is 10. The highest BCUT2D eigenvalue weighted by Crippen LogP contribution is 2.28. The third-order valence-corrected chi connectivity index (χ3v) is 6.47. The third kappa shape index (κ3) is 6.02. The van der Waals surface area contributed by atoms with Crippen LogP contribution in [-0.4, -0.2) is 52.3 Å². The molecule has 5 nitrogen and oxygen atoms in total. The van der Waals surface area contributed by atoms with Gasteiger partial charge in [-0.1, -0.05) is 51.1 Å². The van der Waals surface area contributed by atoms with Crippen molar-refractivity contribution in [2.45, 2.75) is 56.7 Å². The van der Waals surface area contributed by atoms with Crippen molar-refractivity contribution in [2.75, 3.05) is 13.1 Å². The summed E-state index contributed by atoms with van der Waals surface area (Å²) < 4.78 is 0. The van der Waals surface area contributed by atoms with Crippen LogP contribution in [-0.2, 0) is 15.3 Å². The smallest absolute Gasteiger partial charge is 0.317 e. The fraction of sp³-hybridized carbons (Fsp3) is 0.600. The van der Waals surface area contributed by atoms with Gasteiger partial charge in [0, 0.05) is 17.8 Å². The fourth-order valence-corrected chi connectivity index (χ4v) is 4.46. The number of amides is 1. The highest BCUT2D eigenvalue weighted by Gasteiger charge is 2.36. The summed E-state index contributed by atoms with van der Waals surface area (Å²) in [6.45, 7) is 6.93. The van der Waals surface area contributed by atoms with E-state index in [0.29, 0.717) is 0 Å². The summed E-state index contributed by atoms with van der Waals surface area (Å²) in [7, 11) is 0. The lowest BCUT2D eigenvalue weighted by molar-refractivity contribution is -0.139. The summed E-state index contributed by atoms with van der Waals surface area (Å²) in [5.74, 6) is 0.396. The summed E-state index contributed by atoms with van der Waals surface area (Å²) in [5.41, 5.74) is 1.23. The number of hydrogen-bond acceptors (Lipinski definition) is 4. The van der Waals surface area contributed by atoms with Crippen LogP contribution in [0.1, 0.15) is 39.2 Å². The Morgan fingerprint density at radius 3 is 2.46 bits per heavy atom. The van der Waals surface area contributed by atoms with Crippen LogP contribution < -0.4 is 5.32 Å². The van der Waals surface area contributed by atoms with Crippen LogP contribution in [0.4, 0.5) is 0 Å². The van der Waals surface area contributed by atoms with Gasteiger partial charge in [-0.2, -0.15) is 0 Å². The molecule has 1 aromatic rings. The molecule has 1 atom stereocenters. The van der Waals surface area contributed by atoms with Crippen molar-refractivity contribution in [3.8, 4) is 0 Å². The lowest BCUT2D eigenvalue weighted by Crippen LogP contribution is -2.56. The Hall–Kier alpha value is -1.53. The topological polar surface area (TPSA) is 69.6 Å². The maximum absolute atomic E-state index is 12.7. The minimum Gasteiger partial charge on any atom is -0.480 e. The van der Waals surface area contributed by atoms with Crippen LogP contribution in [0.25, 0.3) is 0 Å². The van der Waals surface area contributed by atoms with E-state index in [2.05, 4.69) is 31.3 Å². The summed E-state index contributed by atoms with van der Waals surface area (Å²) in [4.78, 5) is 25.6. The Morgan fingerprint density at radius 2 is 1.92 bits per heavy atom. The molecule has 0 radical (unpaired) electrons. The number of nitrogens with zero attached hydrogens (tertiary/aromatic N) is 1. The number of carbonyl (C=O) groups excluding carboxylic acids is 1. The van der Waals surface area contributed by atoms with Crippen molar-refractivity contribution in [3.63, 3.8) is 0 Å². The van der Waals surface area contributed by atoms with E-state index >= 15 is 0 Å². The van der Waals surface area contributed by atoms with Crippen molar-refractivity contribution in [3.05, 3.63) is 35.9 Å². The first kappa shape index (κ1) is 20.8. The zero-order chi connectivity index (χ0) is 19.1. The van der Waals surface area contributed by atoms with E-state index in [-0.39, 0.29) is 35.7 Å². The first-order chi connectivity index (χ1) is 12.4. The first-order valence-electron chi connectivity index (χ1n) is 9.32. The minimum absolute atomic E-state index is 0.0728. The van der Waals surface area contributed by atoms with Crippen LogP contribution in [0, 0.1) is 5.92 Å². The summed E-state index contributed by atoms with van der Waals surface area (Å²) in [6.07, 6.45) is 1.67. The Balaban J connectivity index is 1.80. The van der Waals surface area contributed by atoms with E-state index in [0.717, 1.165) is 25.1 Å². The molecule has 0 saturated heterocycles. The van der Waals surface area contributed by atoms with Gasteiger partial charge in [-0.25, -0.2) is 0 Å². The number of carboxylic acids is 1. The van der Waals surface area contributed by atoms with E-state index in [1.54, 1.807) is 11.8 Å². The molecule has 1 fully saturated rings. The molecule has 26 heavy (non-hydrogen) atoms. The molecular weight excluding hydrogens is 348 g/mol. The Bertz CT molecular complexity index is 588. The molecule has 0 aromatic heterocycles. The number of nitrogens with one attached hydrogen (secondary N) is 1. The number of hydrogen-bond donors (Lipinski definition) is 2. The van der Waals surface area contributed by atoms with Gasteiger partial charge in [-0.15, -0.1) is 11.8 Å². The van der Waals surface area contributed by atoms with Crippen molar-refractivity contribution in [2.24, 2.45) is 5.92 Å². The average molecular weight is 379 g/mol. The van der Waals surface area contributed by atoms with Gasteiger partial charge < -0.3 is 10.4 Å². The molecule has 1 aromatic carbocycles. The Morgan fingerprint density at radius 1 is 1.27 bits per heavy atom. The van der Waals surface area contributed by atoms with Crippen molar-refractivity contribution in [1.82, 2.24) is 10.2 Å². The van der Waals surface area contributed by atoms with Gasteiger partial charge >= 0.3 is 5.97 Å². The first-order valence-corrected chi connectivity index (χ1v) is 10.4. The maximum atomic E-state index is 12.7. The molecule has 1 aliphatic carbocycles. The fourth-order valence-electron chi connectivity index (χ4n) is 3.29. The van der Waals surface area contributed by atoms with E-state index < -0.39 is 5.97 Å². The molecule has 0 spiro atoms. The quantitative estimate of drug-likeness (QED) is 0.655. The molecule has 0 heterocycles. The minimum atomic E-state index is -0.795. The molecular formula is C20H30N2O3S. The molecule has 0 bridgehead atoms. The van der Waals surface area contributed by atoms with E-state index in [9.17, 15) is 9.59 Å². The monoisotopic (exact) mass is 378 g/mol. The van der Waals surface area contributed by atoms with Gasteiger partial charge in [0.1, 0.15) is 0 Å². The van der Waals surface area contributed by atoms with E-state index in [1.807, 2.05) is 30.0 Å². The average Bonchev–Trinajstić information content (AvgIpc) is 2.56. The van der Waals surface area contributed by atoms with Gasteiger partial charge in [0.05, 0.1) is 11.8 Å². The predicted molar refractivity (Wildman–Crippen MR) is 106 cm³/mol. The number of aliphatic carboxylic acids is 1. The lowest BCUT2D eigenvalue weighted by atomic mass is 9.85. The maximum Gasteiger partial charge on any atom is 0.317 e. The van der Waals surface area contributed by atoms with Crippen molar-refractivity contribution >= 4 is 23.6 Å². The van der Waals surface area contributed by atoms with Crippen LogP contribution in [0.2, 0.25) is 0 Å². The number of likely N-dealkylation sites (N-methyl/N-ethyl adjacent to an activating group) is 1. The highest BCUT2D eigenvalue weighted by atomic mass is 32.2. The zero-order valence-electron chi connectivity index (χ0n) is 15.9. The van der Waals surface area contributed by atoms with E-state index in [1.165, 1.54) is 5.56 Å². The molecule has 2 N–H and O–H groups in total. The molecule has 6 heteroatoms. The molecule has 1 unspecified atom stereocenters. The van der Waals surface area contributed by atoms with E-state index in [4.69, 9.17) is 5.11 Å². The molecule has 1 amide bonds. The van der Waals surface area contributed by atoms with Gasteiger partial charge in [-0.3, -0.25) is 14.5 Å². The Kier molecular flexibility index (Phi) is 7.97. The summed E-state index contributed by atoms with van der Waals surface area (Å²) in [6, 6.07) is 10.6. The standard InChI is InChI=1S/C20H30N2O3S/c1-4-22(12-18(23)24)17-10-16(11-17)21-20(25)19(14(2)3)26-13-15-8-6-5-7-9-15/h5-9,14,16-17,19H,4,10-13H2,1-3H3,(H,21,25)(H,23,24). The molecule has 1 aliphatic rings. The number of benzene rings is 1. The molecule has 144 valence electrons. The third-order valence-electron chi connectivity index (χ3n) is 4.86. The van der Waals surface area contributed by atoms with Crippen LogP contribution in [0.15, 0.2) is 30.3 Å². The van der Waals surface area contributed by atoms with Crippen molar-refractivity contribution < 1.29 is 14.7 Å². The highest BCUT2D eigenvalue weighted by molar-refractivity contribution is 7.99. The second-order valence-electron chi connectivity index (χ2n) is 7.25. The Labute approximate surface area is 160 Å². The van der Waals surface area contributed by atoms with Gasteiger partial charge in [-0.05, 0) is 30.9 Å². The SMILES string of the molecule is CCN(CC(=O)O)C1CC(NC(=O)C(SCc2ccccc2)C(C)C)C1. The second kappa shape index (κ2) is 9.97. The molecule has 1 saturated carbocycles. The molecule has 0 aliphatic heterocycles. The number of carbonyl (C=O) groups is 2. The van der Waals surface area contributed by atoms with Crippen molar-refractivity contribution in [1.29, 1.82) is 0 Å². The largest absolute Gasteiger partial charge is 0.480 e. The second-order valence-corrected chi connectivity index (χ2v) is 8.38. The summed E-state index contributed by atoms with van der Waals surface area (Å²) >= 11 is 1.69. The normalized spacial score (nSPS) is 20.7. The zero-order valence-corrected chi connectivity index (χ0v) is 16.7. The van der Waals surface area contributed by atoms with Gasteiger partial charge in [0.2, 0.25) is 5.91 Å². The number of carboxylic acid groups (broad SMARTS) is 1. The van der Waals surface area contributed by atoms with Crippen LogP contribution in [0.3, 0.4) is 0 Å². The lowest BCUT2D eigenvalue weighted by Gasteiger charge is -2.42. The number of thioether (sulfide) groups is 1. The van der Waals surface area contributed by atoms with Gasteiger partial charge in [0.15, 0.2) is 0 Å². The summed E-state index contributed by atoms with van der Waals surface area (Å²) in [5, 5.41) is 12.1. The van der Waals surface area contributed by atoms with Crippen LogP contribution >= 0.6 is 11.8 Å². The molecule has 2 rings (SSSR count). The van der Waals surface area contributed by atoms with Gasteiger partial charge in [0.25, 0.3) is 0 Å². The van der Waals surface area contributed by atoms with Crippen LogP contribution in [0.5, 0.6) is 0 Å².